The molecule has 0 radical (unpaired) electrons. The Bertz CT molecular complexity index is 475. The van der Waals surface area contributed by atoms with E-state index in [0.29, 0.717) is 0 Å². The summed E-state index contributed by atoms with van der Waals surface area (Å²) in [5.74, 6) is -2.00. The number of ether oxygens (including phenoxy) is 2. The number of esters is 1. The number of carbonyl (C=O) groups excluding carboxylic acids is 2. The summed E-state index contributed by atoms with van der Waals surface area (Å²) in [4.78, 5) is 23.8. The van der Waals surface area contributed by atoms with Gasteiger partial charge in [0.15, 0.2) is 5.94 Å². The first-order chi connectivity index (χ1) is 9.34. The summed E-state index contributed by atoms with van der Waals surface area (Å²) >= 11 is 0. The largest absolute Gasteiger partial charge is 0.459 e. The predicted molar refractivity (Wildman–Crippen MR) is 76.0 cm³/mol. The molecule has 0 spiro atoms. The predicted octanol–water partition coefficient (Wildman–Crippen LogP) is 1.26. The molecule has 124 valence electrons. The number of ketones is 1. The minimum Gasteiger partial charge on any atom is -0.459 e. The Morgan fingerprint density at radius 3 is 2.00 bits per heavy atom. The van der Waals surface area contributed by atoms with Crippen LogP contribution in [0.3, 0.4) is 0 Å². The molecule has 0 aromatic rings. The van der Waals surface area contributed by atoms with Crippen molar-refractivity contribution in [3.8, 4) is 0 Å². The molecular weight excluding hydrogens is 300 g/mol. The van der Waals surface area contributed by atoms with Gasteiger partial charge < -0.3 is 9.47 Å². The fourth-order valence-corrected chi connectivity index (χ4v) is 1.98. The van der Waals surface area contributed by atoms with E-state index in [2.05, 4.69) is 0 Å². The van der Waals surface area contributed by atoms with E-state index in [1.165, 1.54) is 13.8 Å². The molecule has 0 amide bonds. The molecule has 1 atom stereocenters. The third-order valence-electron chi connectivity index (χ3n) is 2.59. The van der Waals surface area contributed by atoms with Crippen molar-refractivity contribution in [3.63, 3.8) is 0 Å². The van der Waals surface area contributed by atoms with Gasteiger partial charge in [0, 0.05) is 6.61 Å². The molecule has 21 heavy (non-hydrogen) atoms. The fraction of sp³-hybridized carbons (Fsp3) is 0.846. The van der Waals surface area contributed by atoms with Gasteiger partial charge in [-0.15, -0.1) is 0 Å². The van der Waals surface area contributed by atoms with Crippen LogP contribution in [0.15, 0.2) is 0 Å². The zero-order valence-corrected chi connectivity index (χ0v) is 14.2. The first kappa shape index (κ1) is 20.0. The maximum atomic E-state index is 12.1. The summed E-state index contributed by atoms with van der Waals surface area (Å²) in [6.45, 7) is 8.65. The van der Waals surface area contributed by atoms with Crippen LogP contribution in [0, 0.1) is 5.41 Å². The second kappa shape index (κ2) is 7.33. The number of rotatable bonds is 8. The van der Waals surface area contributed by atoms with Gasteiger partial charge in [-0.2, -0.15) is 8.42 Å². The molecule has 8 heteroatoms. The first-order valence-electron chi connectivity index (χ1n) is 6.53. The lowest BCUT2D eigenvalue weighted by Gasteiger charge is -2.29. The quantitative estimate of drug-likeness (QED) is 0.377. The van der Waals surface area contributed by atoms with Crippen LogP contribution in [0.2, 0.25) is 0 Å². The summed E-state index contributed by atoms with van der Waals surface area (Å²) in [5.41, 5.74) is -2.48. The minimum atomic E-state index is -3.97. The SMILES string of the molecule is CCOCS(=O)(=O)OCC(C)(C(C)=O)C(=O)OC(C)(C)C. The molecule has 0 bridgehead atoms. The van der Waals surface area contributed by atoms with Gasteiger partial charge in [0.2, 0.25) is 0 Å². The Kier molecular flexibility index (Phi) is 6.98. The molecule has 0 fully saturated rings. The Hall–Kier alpha value is -0.990. The lowest BCUT2D eigenvalue weighted by Crippen LogP contribution is -2.44. The van der Waals surface area contributed by atoms with Crippen LogP contribution < -0.4 is 0 Å². The Labute approximate surface area is 126 Å². The third-order valence-corrected chi connectivity index (χ3v) is 3.52. The lowest BCUT2D eigenvalue weighted by atomic mass is 9.87. The fourth-order valence-electron chi connectivity index (χ4n) is 1.12. The van der Waals surface area contributed by atoms with Crippen molar-refractivity contribution in [3.05, 3.63) is 0 Å². The molecule has 1 unspecified atom stereocenters. The van der Waals surface area contributed by atoms with Gasteiger partial charge in [-0.05, 0) is 41.5 Å². The van der Waals surface area contributed by atoms with Gasteiger partial charge in [0.25, 0.3) is 10.1 Å². The summed E-state index contributed by atoms with van der Waals surface area (Å²) in [6.07, 6.45) is 0. The molecule has 0 rings (SSSR count). The van der Waals surface area contributed by atoms with Crippen molar-refractivity contribution in [1.29, 1.82) is 0 Å². The third kappa shape index (κ3) is 7.01. The zero-order valence-electron chi connectivity index (χ0n) is 13.4. The van der Waals surface area contributed by atoms with E-state index in [0.717, 1.165) is 0 Å². The van der Waals surface area contributed by atoms with Crippen molar-refractivity contribution in [2.75, 3.05) is 19.2 Å². The van der Waals surface area contributed by atoms with Crippen LogP contribution >= 0.6 is 0 Å². The molecule has 0 heterocycles. The summed E-state index contributed by atoms with van der Waals surface area (Å²) in [7, 11) is -3.97. The van der Waals surface area contributed by atoms with Gasteiger partial charge in [0.05, 0.1) is 6.61 Å². The second-order valence-electron chi connectivity index (χ2n) is 5.82. The van der Waals surface area contributed by atoms with Crippen LogP contribution in [0.4, 0.5) is 0 Å². The highest BCUT2D eigenvalue weighted by Crippen LogP contribution is 2.24. The monoisotopic (exact) mass is 324 g/mol. The highest BCUT2D eigenvalue weighted by molar-refractivity contribution is 7.86. The number of Topliss-reactive ketones (excluding diaryl/α,β-unsaturated/α-hetero) is 1. The maximum absolute atomic E-state index is 12.1. The van der Waals surface area contributed by atoms with Crippen LogP contribution in [0.25, 0.3) is 0 Å². The Morgan fingerprint density at radius 1 is 1.10 bits per heavy atom. The van der Waals surface area contributed by atoms with E-state index in [-0.39, 0.29) is 6.61 Å². The topological polar surface area (TPSA) is 96.0 Å². The van der Waals surface area contributed by atoms with E-state index in [9.17, 15) is 18.0 Å². The number of carbonyl (C=O) groups is 2. The molecule has 0 aromatic heterocycles. The van der Waals surface area contributed by atoms with Crippen LogP contribution in [0.1, 0.15) is 41.5 Å². The summed E-state index contributed by atoms with van der Waals surface area (Å²) in [5, 5.41) is 0. The van der Waals surface area contributed by atoms with E-state index in [1.54, 1.807) is 27.7 Å². The van der Waals surface area contributed by atoms with Gasteiger partial charge in [-0.1, -0.05) is 0 Å². The Balaban J connectivity index is 4.99. The van der Waals surface area contributed by atoms with Gasteiger partial charge >= 0.3 is 5.97 Å². The van der Waals surface area contributed by atoms with Gasteiger partial charge in [-0.25, -0.2) is 0 Å². The maximum Gasteiger partial charge on any atom is 0.322 e. The first-order valence-corrected chi connectivity index (χ1v) is 8.11. The van der Waals surface area contributed by atoms with Crippen LogP contribution in [-0.4, -0.2) is 44.9 Å². The van der Waals surface area contributed by atoms with Gasteiger partial charge in [0.1, 0.15) is 16.8 Å². The normalized spacial score (nSPS) is 15.3. The van der Waals surface area contributed by atoms with E-state index >= 15 is 0 Å². The average molecular weight is 324 g/mol. The van der Waals surface area contributed by atoms with E-state index < -0.39 is 45.4 Å². The van der Waals surface area contributed by atoms with E-state index in [1.807, 2.05) is 0 Å². The highest BCUT2D eigenvalue weighted by atomic mass is 32.2. The smallest absolute Gasteiger partial charge is 0.322 e. The molecule has 0 aliphatic rings. The highest BCUT2D eigenvalue weighted by Gasteiger charge is 2.43. The van der Waals surface area contributed by atoms with Crippen LogP contribution in [0.5, 0.6) is 0 Å². The molecule has 0 saturated carbocycles. The summed E-state index contributed by atoms with van der Waals surface area (Å²) < 4.78 is 37.7. The number of hydrogen-bond donors (Lipinski definition) is 0. The molecule has 0 saturated heterocycles. The van der Waals surface area contributed by atoms with Crippen molar-refractivity contribution in [2.45, 2.75) is 47.1 Å². The second-order valence-corrected chi connectivity index (χ2v) is 7.41. The van der Waals surface area contributed by atoms with Crippen molar-refractivity contribution < 1.29 is 31.7 Å². The number of hydrogen-bond acceptors (Lipinski definition) is 7. The van der Waals surface area contributed by atoms with Crippen molar-refractivity contribution in [2.24, 2.45) is 5.41 Å². The molecule has 0 aliphatic carbocycles. The Morgan fingerprint density at radius 2 is 1.62 bits per heavy atom. The average Bonchev–Trinajstić information content (AvgIpc) is 2.31. The molecule has 7 nitrogen and oxygen atoms in total. The molecule has 0 aromatic carbocycles. The molecule has 0 N–H and O–H groups in total. The summed E-state index contributed by atoms with van der Waals surface area (Å²) in [6, 6.07) is 0. The minimum absolute atomic E-state index is 0.207. The lowest BCUT2D eigenvalue weighted by molar-refractivity contribution is -0.170. The van der Waals surface area contributed by atoms with Crippen molar-refractivity contribution in [1.82, 2.24) is 0 Å². The van der Waals surface area contributed by atoms with Gasteiger partial charge in [-0.3, -0.25) is 13.8 Å². The standard InChI is InChI=1S/C13H24O7S/c1-7-18-9-21(16,17)19-8-13(6,10(2)14)11(15)20-12(3,4)5/h7-9H2,1-6H3. The van der Waals surface area contributed by atoms with E-state index in [4.69, 9.17) is 13.7 Å². The zero-order chi connectivity index (χ0) is 16.9. The van der Waals surface area contributed by atoms with Crippen molar-refractivity contribution >= 4 is 21.9 Å². The molecular formula is C13H24O7S. The van der Waals surface area contributed by atoms with Crippen LogP contribution in [-0.2, 0) is 33.4 Å². The molecule has 0 aliphatic heterocycles.